The number of rotatable bonds is 8. The van der Waals surface area contributed by atoms with E-state index < -0.39 is 66.5 Å². The first-order chi connectivity index (χ1) is 21.1. The Balaban J connectivity index is 1.81. The number of hydrogen-bond acceptors (Lipinski definition) is 9. The predicted octanol–water partition coefficient (Wildman–Crippen LogP) is 5.80. The van der Waals surface area contributed by atoms with Crippen LogP contribution in [-0.2, 0) is 28.2 Å². The van der Waals surface area contributed by atoms with Gasteiger partial charge in [0.15, 0.2) is 13.9 Å². The van der Waals surface area contributed by atoms with Crippen molar-refractivity contribution < 1.29 is 38.1 Å². The summed E-state index contributed by atoms with van der Waals surface area (Å²) in [5, 5.41) is 22.0. The third kappa shape index (κ3) is 4.89. The summed E-state index contributed by atoms with van der Waals surface area (Å²) in [6.45, 7) is 15.1. The molecule has 10 heteroatoms. The first-order valence-corrected chi connectivity index (χ1v) is 18.9. The average Bonchev–Trinajstić information content (AvgIpc) is 3.00. The van der Waals surface area contributed by atoms with E-state index in [2.05, 4.69) is 20.8 Å². The molecule has 1 aromatic rings. The zero-order valence-electron chi connectivity index (χ0n) is 28.0. The number of benzene rings is 1. The molecule has 0 amide bonds. The van der Waals surface area contributed by atoms with E-state index in [0.717, 1.165) is 18.1 Å². The SMILES string of the molecule is CC[Si](CC)(CC)O[C@H]1C[C@H]2OC[C@@]2(OC(C)=O)[C@H]2[C@H](OC(=O)c3ccccc3)[C@]3(O)CC(=N)C(C)=C(CC(=O)[C@]12C)C3(C)C. The van der Waals surface area contributed by atoms with Gasteiger partial charge in [0, 0.05) is 37.3 Å². The second kappa shape index (κ2) is 11.5. The van der Waals surface area contributed by atoms with Crippen molar-refractivity contribution in [1.82, 2.24) is 0 Å². The number of Topliss-reactive ketones (excluding diaryl/α,β-unsaturated/α-hetero) is 1. The Labute approximate surface area is 267 Å². The third-order valence-corrected chi connectivity index (χ3v) is 16.8. The van der Waals surface area contributed by atoms with Crippen molar-refractivity contribution in [2.24, 2.45) is 16.7 Å². The van der Waals surface area contributed by atoms with Crippen molar-refractivity contribution in [2.75, 3.05) is 6.61 Å². The standard InChI is InChI=1S/C35H49NO8Si/c1-9-45(10-2,11-3)44-27-18-28-34(20-41-28,43-22(5)37)29-30(42-31(39)23-15-13-12-14-16-23)35(40)19-25(36)21(4)24(32(35,6)7)17-26(38)33(27,29)8/h12-16,27-30,36,40H,9-11,17-20H2,1-8H3/t27-,28+,29-,30-,33+,34-,35+/m0/s1. The van der Waals surface area contributed by atoms with Crippen LogP contribution in [0.4, 0.5) is 0 Å². The summed E-state index contributed by atoms with van der Waals surface area (Å²) in [7, 11) is -2.31. The zero-order valence-corrected chi connectivity index (χ0v) is 29.0. The monoisotopic (exact) mass is 639 g/mol. The molecule has 1 aliphatic heterocycles. The summed E-state index contributed by atoms with van der Waals surface area (Å²) < 4.78 is 26.0. The normalized spacial score (nSPS) is 35.8. The van der Waals surface area contributed by atoms with Gasteiger partial charge in [0.2, 0.25) is 0 Å². The molecule has 4 aliphatic rings. The minimum Gasteiger partial charge on any atom is -0.455 e. The van der Waals surface area contributed by atoms with E-state index in [1.54, 1.807) is 30.3 Å². The molecule has 5 rings (SSSR count). The van der Waals surface area contributed by atoms with Gasteiger partial charge < -0.3 is 29.2 Å². The smallest absolute Gasteiger partial charge is 0.338 e. The Morgan fingerprint density at radius 2 is 1.71 bits per heavy atom. The summed E-state index contributed by atoms with van der Waals surface area (Å²) in [5.41, 5.74) is -3.78. The molecule has 1 heterocycles. The molecule has 45 heavy (non-hydrogen) atoms. The highest BCUT2D eigenvalue weighted by Crippen LogP contribution is 2.64. The van der Waals surface area contributed by atoms with Crippen LogP contribution in [-0.4, -0.2) is 73.0 Å². The number of aliphatic hydroxyl groups is 1. The molecule has 1 aromatic carbocycles. The van der Waals surface area contributed by atoms with Gasteiger partial charge in [-0.3, -0.25) is 9.59 Å². The van der Waals surface area contributed by atoms with Gasteiger partial charge in [0.05, 0.1) is 29.6 Å². The average molecular weight is 640 g/mol. The fourth-order valence-electron chi connectivity index (χ4n) is 8.79. The molecular weight excluding hydrogens is 590 g/mol. The van der Waals surface area contributed by atoms with Gasteiger partial charge in [-0.2, -0.15) is 0 Å². The molecule has 2 bridgehead atoms. The van der Waals surface area contributed by atoms with E-state index >= 15 is 4.79 Å². The molecule has 1 saturated heterocycles. The van der Waals surface area contributed by atoms with E-state index in [1.807, 2.05) is 27.7 Å². The molecular formula is C35H49NO8Si. The van der Waals surface area contributed by atoms with Gasteiger partial charge in [-0.25, -0.2) is 4.79 Å². The molecule has 0 spiro atoms. The summed E-state index contributed by atoms with van der Waals surface area (Å²) in [4.78, 5) is 41.9. The summed E-state index contributed by atoms with van der Waals surface area (Å²) >= 11 is 0. The predicted molar refractivity (Wildman–Crippen MR) is 172 cm³/mol. The molecule has 246 valence electrons. The lowest BCUT2D eigenvalue weighted by molar-refractivity contribution is -0.341. The third-order valence-electron chi connectivity index (χ3n) is 12.1. The molecule has 0 aromatic heterocycles. The Bertz CT molecular complexity index is 1410. The van der Waals surface area contributed by atoms with Crippen LogP contribution in [0.2, 0.25) is 18.1 Å². The van der Waals surface area contributed by atoms with E-state index in [4.69, 9.17) is 24.0 Å². The number of carbonyl (C=O) groups excluding carboxylic acids is 3. The highest BCUT2D eigenvalue weighted by atomic mass is 28.4. The van der Waals surface area contributed by atoms with Crippen LogP contribution in [0.5, 0.6) is 0 Å². The molecule has 3 aliphatic carbocycles. The maximum absolute atomic E-state index is 15.1. The molecule has 2 saturated carbocycles. The molecule has 0 radical (unpaired) electrons. The fraction of sp³-hybridized carbons (Fsp3) is 0.657. The van der Waals surface area contributed by atoms with E-state index in [1.165, 1.54) is 6.92 Å². The number of esters is 2. The second-order valence-electron chi connectivity index (χ2n) is 14.3. The second-order valence-corrected chi connectivity index (χ2v) is 19.0. The Morgan fingerprint density at radius 1 is 1.09 bits per heavy atom. The highest BCUT2D eigenvalue weighted by Gasteiger charge is 2.77. The van der Waals surface area contributed by atoms with Crippen molar-refractivity contribution in [3.8, 4) is 0 Å². The molecule has 0 unspecified atom stereocenters. The highest BCUT2D eigenvalue weighted by molar-refractivity contribution is 6.73. The number of ether oxygens (including phenoxy) is 3. The lowest BCUT2D eigenvalue weighted by atomic mass is 9.45. The fourth-order valence-corrected chi connectivity index (χ4v) is 11.7. The summed E-state index contributed by atoms with van der Waals surface area (Å²) in [6.07, 6.45) is -2.38. The lowest BCUT2D eigenvalue weighted by Crippen LogP contribution is -2.81. The van der Waals surface area contributed by atoms with E-state index in [0.29, 0.717) is 17.6 Å². The maximum Gasteiger partial charge on any atom is 0.338 e. The topological polar surface area (TPSA) is 132 Å². The van der Waals surface area contributed by atoms with Gasteiger partial charge in [-0.05, 0) is 55.3 Å². The summed E-state index contributed by atoms with van der Waals surface area (Å²) in [5.74, 6) is -2.37. The minimum absolute atomic E-state index is 0.00363. The van der Waals surface area contributed by atoms with E-state index in [9.17, 15) is 14.7 Å². The van der Waals surface area contributed by atoms with Gasteiger partial charge in [0.1, 0.15) is 23.6 Å². The molecule has 3 fully saturated rings. The molecule has 7 atom stereocenters. The quantitative estimate of drug-likeness (QED) is 0.270. The van der Waals surface area contributed by atoms with Gasteiger partial charge in [-0.15, -0.1) is 0 Å². The summed E-state index contributed by atoms with van der Waals surface area (Å²) in [6, 6.07) is 11.1. The van der Waals surface area contributed by atoms with Gasteiger partial charge >= 0.3 is 11.9 Å². The Kier molecular flexibility index (Phi) is 8.64. The van der Waals surface area contributed by atoms with Crippen molar-refractivity contribution in [3.05, 3.63) is 47.0 Å². The molecule has 9 nitrogen and oxygen atoms in total. The van der Waals surface area contributed by atoms with Crippen molar-refractivity contribution >= 4 is 31.8 Å². The van der Waals surface area contributed by atoms with Crippen LogP contribution in [0.15, 0.2) is 41.5 Å². The number of nitrogens with one attached hydrogen (secondary N) is 1. The van der Waals surface area contributed by atoms with E-state index in [-0.39, 0.29) is 36.5 Å². The Morgan fingerprint density at radius 3 is 2.24 bits per heavy atom. The minimum atomic E-state index is -2.31. The van der Waals surface area contributed by atoms with Crippen LogP contribution in [0.3, 0.4) is 0 Å². The maximum atomic E-state index is 15.1. The number of fused-ring (bicyclic) bond motifs is 5. The zero-order chi connectivity index (χ0) is 33.2. The van der Waals surface area contributed by atoms with Crippen molar-refractivity contribution in [1.29, 1.82) is 5.41 Å². The van der Waals surface area contributed by atoms with Crippen molar-refractivity contribution in [3.63, 3.8) is 0 Å². The Hall–Kier alpha value is -2.66. The lowest BCUT2D eigenvalue weighted by Gasteiger charge is -2.67. The van der Waals surface area contributed by atoms with Crippen LogP contribution in [0.25, 0.3) is 0 Å². The largest absolute Gasteiger partial charge is 0.455 e. The van der Waals surface area contributed by atoms with Crippen molar-refractivity contribution in [2.45, 2.75) is 122 Å². The number of ketones is 1. The first-order valence-electron chi connectivity index (χ1n) is 16.4. The van der Waals surface area contributed by atoms with Crippen LogP contribution in [0.1, 0.15) is 85.0 Å². The van der Waals surface area contributed by atoms with Gasteiger partial charge in [0.25, 0.3) is 0 Å². The van der Waals surface area contributed by atoms with Crippen LogP contribution in [0, 0.1) is 22.2 Å². The number of carbonyl (C=O) groups is 3. The van der Waals surface area contributed by atoms with Gasteiger partial charge in [-0.1, -0.05) is 52.8 Å². The van der Waals surface area contributed by atoms with Crippen LogP contribution >= 0.6 is 0 Å². The first kappa shape index (κ1) is 33.7. The number of hydrogen-bond donors (Lipinski definition) is 2. The van der Waals surface area contributed by atoms with Crippen LogP contribution < -0.4 is 0 Å². The number of allylic oxidation sites excluding steroid dienone is 1. The molecule has 2 N–H and O–H groups in total.